The Morgan fingerprint density at radius 2 is 2.20 bits per heavy atom. The molecule has 0 saturated heterocycles. The van der Waals surface area contributed by atoms with Gasteiger partial charge in [-0.05, 0) is 13.8 Å². The number of thiophene rings is 1. The summed E-state index contributed by atoms with van der Waals surface area (Å²) in [6.45, 7) is 3.96. The van der Waals surface area contributed by atoms with Gasteiger partial charge in [0.25, 0.3) is 0 Å². The molecule has 0 unspecified atom stereocenters. The number of rotatable bonds is 2. The van der Waals surface area contributed by atoms with Crippen LogP contribution < -0.4 is 10.6 Å². The summed E-state index contributed by atoms with van der Waals surface area (Å²) in [6, 6.07) is 1.96. The highest BCUT2D eigenvalue weighted by Gasteiger charge is 2.13. The van der Waals surface area contributed by atoms with E-state index in [1.54, 1.807) is 29.3 Å². The molecule has 0 spiro atoms. The summed E-state index contributed by atoms with van der Waals surface area (Å²) in [7, 11) is 1.66. The average molecular weight is 223 g/mol. The second-order valence-electron chi connectivity index (χ2n) is 3.35. The van der Waals surface area contributed by atoms with Gasteiger partial charge in [-0.1, -0.05) is 0 Å². The molecule has 0 bridgehead atoms. The van der Waals surface area contributed by atoms with Crippen molar-refractivity contribution in [3.8, 4) is 16.5 Å². The molecule has 0 aliphatic heterocycles. The molecule has 0 fully saturated rings. The van der Waals surface area contributed by atoms with Gasteiger partial charge in [0.05, 0.1) is 12.8 Å². The zero-order valence-electron chi connectivity index (χ0n) is 8.94. The fourth-order valence-electron chi connectivity index (χ4n) is 1.49. The van der Waals surface area contributed by atoms with Crippen LogP contribution >= 0.6 is 11.3 Å². The Morgan fingerprint density at radius 1 is 1.47 bits per heavy atom. The third-order valence-electron chi connectivity index (χ3n) is 2.19. The molecule has 2 N–H and O–H groups in total. The number of hydrogen-bond acceptors (Lipinski definition) is 4. The molecule has 2 aromatic heterocycles. The van der Waals surface area contributed by atoms with Gasteiger partial charge in [-0.25, -0.2) is 4.98 Å². The normalized spacial score (nSPS) is 10.6. The van der Waals surface area contributed by atoms with E-state index in [0.29, 0.717) is 0 Å². The van der Waals surface area contributed by atoms with Crippen molar-refractivity contribution in [1.82, 2.24) is 9.66 Å². The number of aromatic nitrogens is 2. The fourth-order valence-corrected chi connectivity index (χ4v) is 2.31. The molecule has 0 atom stereocenters. The standard InChI is InChI=1S/C10H13N3OS/c1-6-5-13(11)10(12-6)8-4-9(14-3)15-7(8)2/h4-5H,11H2,1-3H3. The lowest BCUT2D eigenvalue weighted by Crippen LogP contribution is -2.08. The number of imidazole rings is 1. The lowest BCUT2D eigenvalue weighted by Gasteiger charge is -1.98. The molecule has 0 aliphatic rings. The Morgan fingerprint density at radius 3 is 2.67 bits per heavy atom. The second kappa shape index (κ2) is 3.58. The number of hydrogen-bond donors (Lipinski definition) is 1. The predicted molar refractivity (Wildman–Crippen MR) is 61.7 cm³/mol. The first-order valence-electron chi connectivity index (χ1n) is 4.57. The number of ether oxygens (including phenoxy) is 1. The molecule has 0 aromatic carbocycles. The van der Waals surface area contributed by atoms with Crippen molar-refractivity contribution < 1.29 is 4.74 Å². The third kappa shape index (κ3) is 1.70. The molecule has 15 heavy (non-hydrogen) atoms. The summed E-state index contributed by atoms with van der Waals surface area (Å²) in [5.74, 6) is 6.59. The van der Waals surface area contributed by atoms with E-state index < -0.39 is 0 Å². The van der Waals surface area contributed by atoms with Crippen molar-refractivity contribution in [3.63, 3.8) is 0 Å². The maximum atomic E-state index is 5.81. The van der Waals surface area contributed by atoms with Crippen LogP contribution in [0.1, 0.15) is 10.6 Å². The van der Waals surface area contributed by atoms with E-state index in [9.17, 15) is 0 Å². The van der Waals surface area contributed by atoms with Crippen molar-refractivity contribution in [1.29, 1.82) is 0 Å². The number of aryl methyl sites for hydroxylation is 2. The van der Waals surface area contributed by atoms with E-state index in [0.717, 1.165) is 27.0 Å². The highest BCUT2D eigenvalue weighted by atomic mass is 32.1. The van der Waals surface area contributed by atoms with Crippen LogP contribution in [0, 0.1) is 13.8 Å². The number of nitrogen functional groups attached to an aromatic ring is 1. The average Bonchev–Trinajstić information content (AvgIpc) is 2.69. The van der Waals surface area contributed by atoms with Crippen molar-refractivity contribution in [3.05, 3.63) is 22.8 Å². The third-order valence-corrected chi connectivity index (χ3v) is 3.20. The summed E-state index contributed by atoms with van der Waals surface area (Å²) >= 11 is 1.60. The lowest BCUT2D eigenvalue weighted by molar-refractivity contribution is 0.427. The maximum absolute atomic E-state index is 5.81. The minimum absolute atomic E-state index is 0.782. The quantitative estimate of drug-likeness (QED) is 0.792. The van der Waals surface area contributed by atoms with E-state index >= 15 is 0 Å². The summed E-state index contributed by atoms with van der Waals surface area (Å²) < 4.78 is 6.73. The van der Waals surface area contributed by atoms with Gasteiger partial charge >= 0.3 is 0 Å². The minimum Gasteiger partial charge on any atom is -0.487 e. The second-order valence-corrected chi connectivity index (χ2v) is 4.57. The largest absolute Gasteiger partial charge is 0.487 e. The molecule has 0 aliphatic carbocycles. The minimum atomic E-state index is 0.782. The number of nitrogens with two attached hydrogens (primary N) is 1. The molecule has 0 saturated carbocycles. The Hall–Kier alpha value is -1.49. The topological polar surface area (TPSA) is 53.1 Å². The fraction of sp³-hybridized carbons (Fsp3) is 0.300. The van der Waals surface area contributed by atoms with Crippen molar-refractivity contribution in [2.75, 3.05) is 13.0 Å². The first-order chi connectivity index (χ1) is 7.11. The summed E-state index contributed by atoms with van der Waals surface area (Å²) in [4.78, 5) is 5.53. The first kappa shape index (κ1) is 10.0. The van der Waals surface area contributed by atoms with Gasteiger partial charge in [-0.15, -0.1) is 11.3 Å². The van der Waals surface area contributed by atoms with Gasteiger partial charge in [-0.2, -0.15) is 0 Å². The van der Waals surface area contributed by atoms with Gasteiger partial charge in [-0.3, -0.25) is 4.68 Å². The smallest absolute Gasteiger partial charge is 0.174 e. The van der Waals surface area contributed by atoms with Crippen molar-refractivity contribution in [2.24, 2.45) is 0 Å². The molecule has 0 radical (unpaired) electrons. The molecular weight excluding hydrogens is 210 g/mol. The molecule has 2 aromatic rings. The number of nitrogens with zero attached hydrogens (tertiary/aromatic N) is 2. The van der Waals surface area contributed by atoms with Crippen molar-refractivity contribution in [2.45, 2.75) is 13.8 Å². The molecule has 5 heteroatoms. The van der Waals surface area contributed by atoms with E-state index in [1.807, 2.05) is 19.9 Å². The predicted octanol–water partition coefficient (Wildman–Crippen LogP) is 1.95. The maximum Gasteiger partial charge on any atom is 0.174 e. The van der Waals surface area contributed by atoms with Crippen molar-refractivity contribution >= 4 is 11.3 Å². The van der Waals surface area contributed by atoms with Crippen LogP contribution in [0.2, 0.25) is 0 Å². The zero-order valence-corrected chi connectivity index (χ0v) is 9.76. The van der Waals surface area contributed by atoms with Gasteiger partial charge < -0.3 is 10.6 Å². The van der Waals surface area contributed by atoms with Gasteiger partial charge in [0.15, 0.2) is 10.9 Å². The highest BCUT2D eigenvalue weighted by molar-refractivity contribution is 7.14. The Bertz CT molecular complexity index is 487. The van der Waals surface area contributed by atoms with Crippen LogP contribution in [-0.4, -0.2) is 16.8 Å². The van der Waals surface area contributed by atoms with E-state index in [2.05, 4.69) is 4.98 Å². The van der Waals surface area contributed by atoms with Crippen LogP contribution in [-0.2, 0) is 0 Å². The summed E-state index contributed by atoms with van der Waals surface area (Å²) in [5.41, 5.74) is 1.95. The molecule has 0 amide bonds. The summed E-state index contributed by atoms with van der Waals surface area (Å²) in [5, 5.41) is 0.878. The van der Waals surface area contributed by atoms with Gasteiger partial charge in [0, 0.05) is 22.7 Å². The number of methoxy groups -OCH3 is 1. The van der Waals surface area contributed by atoms with Crippen LogP contribution in [0.3, 0.4) is 0 Å². The lowest BCUT2D eigenvalue weighted by atomic mass is 10.2. The Kier molecular flexibility index (Phi) is 2.40. The van der Waals surface area contributed by atoms with Gasteiger partial charge in [0.1, 0.15) is 0 Å². The van der Waals surface area contributed by atoms with Crippen LogP contribution in [0.5, 0.6) is 5.06 Å². The van der Waals surface area contributed by atoms with Crippen LogP contribution in [0.4, 0.5) is 0 Å². The molecule has 80 valence electrons. The molecule has 2 rings (SSSR count). The molecule has 4 nitrogen and oxygen atoms in total. The Balaban J connectivity index is 2.53. The van der Waals surface area contributed by atoms with E-state index in [1.165, 1.54) is 0 Å². The van der Waals surface area contributed by atoms with E-state index in [4.69, 9.17) is 10.6 Å². The summed E-state index contributed by atoms with van der Waals surface area (Å²) in [6.07, 6.45) is 1.80. The highest BCUT2D eigenvalue weighted by Crippen LogP contribution is 2.34. The first-order valence-corrected chi connectivity index (χ1v) is 5.39. The molecule has 2 heterocycles. The van der Waals surface area contributed by atoms with Crippen LogP contribution in [0.25, 0.3) is 11.4 Å². The SMILES string of the molecule is COc1cc(-c2nc(C)cn2N)c(C)s1. The monoisotopic (exact) mass is 223 g/mol. The van der Waals surface area contributed by atoms with Crippen LogP contribution in [0.15, 0.2) is 12.3 Å². The van der Waals surface area contributed by atoms with E-state index in [-0.39, 0.29) is 0 Å². The van der Waals surface area contributed by atoms with Gasteiger partial charge in [0.2, 0.25) is 0 Å². The Labute approximate surface area is 92.3 Å². The zero-order chi connectivity index (χ0) is 11.0. The molecular formula is C10H13N3OS.